The first-order chi connectivity index (χ1) is 9.22. The molecule has 5 nitrogen and oxygen atoms in total. The maximum Gasteiger partial charge on any atom is 0.294 e. The Kier molecular flexibility index (Phi) is 3.81. The highest BCUT2D eigenvalue weighted by molar-refractivity contribution is 7.13. The van der Waals surface area contributed by atoms with Crippen LogP contribution in [0.5, 0.6) is 0 Å². The molecule has 1 amide bonds. The summed E-state index contributed by atoms with van der Waals surface area (Å²) in [5.74, 6) is -0.0380. The van der Waals surface area contributed by atoms with Crippen molar-refractivity contribution in [3.63, 3.8) is 0 Å². The standard InChI is InChI=1S/C13H20N4OS/c1-16-8-5-10-11(9-16)19-13(14-10)12(18)15-17-6-3-2-4-7-17/h2-9H2,1H3,(H,15,18). The lowest BCUT2D eigenvalue weighted by Gasteiger charge is -2.26. The van der Waals surface area contributed by atoms with Crippen LogP contribution in [0.3, 0.4) is 0 Å². The highest BCUT2D eigenvalue weighted by Crippen LogP contribution is 2.24. The van der Waals surface area contributed by atoms with Crippen LogP contribution in [-0.4, -0.2) is 47.5 Å². The lowest BCUT2D eigenvalue weighted by atomic mass is 10.2. The van der Waals surface area contributed by atoms with E-state index < -0.39 is 0 Å². The molecule has 0 saturated carbocycles. The fourth-order valence-corrected chi connectivity index (χ4v) is 3.70. The second kappa shape index (κ2) is 5.56. The lowest BCUT2D eigenvalue weighted by Crippen LogP contribution is -2.45. The molecule has 0 aromatic carbocycles. The van der Waals surface area contributed by atoms with E-state index in [2.05, 4.69) is 22.4 Å². The van der Waals surface area contributed by atoms with Crippen LogP contribution in [0, 0.1) is 0 Å². The minimum Gasteiger partial charge on any atom is -0.301 e. The Morgan fingerprint density at radius 2 is 2.05 bits per heavy atom. The molecule has 1 N–H and O–H groups in total. The molecule has 0 bridgehead atoms. The lowest BCUT2D eigenvalue weighted by molar-refractivity contribution is 0.0749. The maximum atomic E-state index is 12.2. The third-order valence-electron chi connectivity index (χ3n) is 3.73. The number of hydrogen-bond donors (Lipinski definition) is 1. The number of carbonyl (C=O) groups excluding carboxylic acids is 1. The number of aromatic nitrogens is 1. The molecule has 3 rings (SSSR count). The summed E-state index contributed by atoms with van der Waals surface area (Å²) in [6, 6.07) is 0. The van der Waals surface area contributed by atoms with Crippen molar-refractivity contribution in [2.24, 2.45) is 0 Å². The molecular formula is C13H20N4OS. The summed E-state index contributed by atoms with van der Waals surface area (Å²) < 4.78 is 0. The zero-order valence-corrected chi connectivity index (χ0v) is 12.1. The Hall–Kier alpha value is -0.980. The average Bonchev–Trinajstić information content (AvgIpc) is 2.83. The Morgan fingerprint density at radius 3 is 2.84 bits per heavy atom. The molecule has 1 aromatic rings. The van der Waals surface area contributed by atoms with Gasteiger partial charge in [0.15, 0.2) is 5.01 Å². The van der Waals surface area contributed by atoms with E-state index in [1.165, 1.54) is 24.1 Å². The van der Waals surface area contributed by atoms with Crippen molar-refractivity contribution in [3.8, 4) is 0 Å². The summed E-state index contributed by atoms with van der Waals surface area (Å²) in [6.07, 6.45) is 4.56. The van der Waals surface area contributed by atoms with E-state index in [-0.39, 0.29) is 5.91 Å². The number of fused-ring (bicyclic) bond motifs is 1. The Bertz CT molecular complexity index is 467. The van der Waals surface area contributed by atoms with Crippen molar-refractivity contribution in [2.75, 3.05) is 26.7 Å². The van der Waals surface area contributed by atoms with Gasteiger partial charge in [-0.25, -0.2) is 9.99 Å². The number of thiazole rings is 1. The summed E-state index contributed by atoms with van der Waals surface area (Å²) in [5.41, 5.74) is 4.10. The Morgan fingerprint density at radius 1 is 1.26 bits per heavy atom. The van der Waals surface area contributed by atoms with Gasteiger partial charge in [-0.05, 0) is 19.9 Å². The predicted molar refractivity (Wildman–Crippen MR) is 75.0 cm³/mol. The molecule has 2 aliphatic heterocycles. The van der Waals surface area contributed by atoms with Gasteiger partial charge in [0.2, 0.25) is 0 Å². The first kappa shape index (κ1) is 13.0. The SMILES string of the molecule is CN1CCc2nc(C(=O)NN3CCCCC3)sc2C1. The van der Waals surface area contributed by atoms with Crippen LogP contribution in [0.4, 0.5) is 0 Å². The van der Waals surface area contributed by atoms with E-state index in [1.807, 2.05) is 5.01 Å². The van der Waals surface area contributed by atoms with Gasteiger partial charge in [-0.2, -0.15) is 0 Å². The van der Waals surface area contributed by atoms with Gasteiger partial charge in [0, 0.05) is 37.5 Å². The number of nitrogens with zero attached hydrogens (tertiary/aromatic N) is 3. The van der Waals surface area contributed by atoms with Crippen LogP contribution in [0.15, 0.2) is 0 Å². The summed E-state index contributed by atoms with van der Waals surface area (Å²) >= 11 is 1.54. The highest BCUT2D eigenvalue weighted by Gasteiger charge is 2.22. The largest absolute Gasteiger partial charge is 0.301 e. The number of nitrogens with one attached hydrogen (secondary N) is 1. The number of hydrogen-bond acceptors (Lipinski definition) is 5. The topological polar surface area (TPSA) is 48.5 Å². The zero-order chi connectivity index (χ0) is 13.2. The van der Waals surface area contributed by atoms with Crippen LogP contribution in [0.25, 0.3) is 0 Å². The summed E-state index contributed by atoms with van der Waals surface area (Å²) in [7, 11) is 2.11. The van der Waals surface area contributed by atoms with Crippen LogP contribution >= 0.6 is 11.3 Å². The number of piperidine rings is 1. The maximum absolute atomic E-state index is 12.2. The molecule has 104 valence electrons. The molecule has 2 aliphatic rings. The van der Waals surface area contributed by atoms with Crippen LogP contribution < -0.4 is 5.43 Å². The molecule has 1 fully saturated rings. The molecule has 1 aromatic heterocycles. The average molecular weight is 280 g/mol. The normalized spacial score (nSPS) is 21.1. The monoisotopic (exact) mass is 280 g/mol. The molecule has 0 aliphatic carbocycles. The number of carbonyl (C=O) groups is 1. The fourth-order valence-electron chi connectivity index (χ4n) is 2.62. The number of rotatable bonds is 2. The van der Waals surface area contributed by atoms with E-state index in [4.69, 9.17) is 0 Å². The van der Waals surface area contributed by atoms with E-state index in [1.54, 1.807) is 11.3 Å². The Balaban J connectivity index is 1.66. The summed E-state index contributed by atoms with van der Waals surface area (Å²) in [4.78, 5) is 20.2. The van der Waals surface area contributed by atoms with Crippen LogP contribution in [0.2, 0.25) is 0 Å². The molecule has 3 heterocycles. The van der Waals surface area contributed by atoms with Gasteiger partial charge in [-0.3, -0.25) is 10.2 Å². The van der Waals surface area contributed by atoms with Gasteiger partial charge in [0.05, 0.1) is 5.69 Å². The molecule has 19 heavy (non-hydrogen) atoms. The minimum absolute atomic E-state index is 0.0380. The predicted octanol–water partition coefficient (Wildman–Crippen LogP) is 1.26. The van der Waals surface area contributed by atoms with Crippen molar-refractivity contribution in [1.29, 1.82) is 0 Å². The molecule has 1 saturated heterocycles. The van der Waals surface area contributed by atoms with Crippen molar-refractivity contribution < 1.29 is 4.79 Å². The van der Waals surface area contributed by atoms with Gasteiger partial charge in [-0.1, -0.05) is 6.42 Å². The number of likely N-dealkylation sites (N-methyl/N-ethyl adjacent to an activating group) is 1. The smallest absolute Gasteiger partial charge is 0.294 e. The first-order valence-electron chi connectivity index (χ1n) is 6.95. The van der Waals surface area contributed by atoms with Crippen molar-refractivity contribution in [3.05, 3.63) is 15.6 Å². The highest BCUT2D eigenvalue weighted by atomic mass is 32.1. The molecule has 0 unspecified atom stereocenters. The first-order valence-corrected chi connectivity index (χ1v) is 7.77. The third kappa shape index (κ3) is 2.96. The third-order valence-corrected chi connectivity index (χ3v) is 4.81. The minimum atomic E-state index is -0.0380. The zero-order valence-electron chi connectivity index (χ0n) is 11.3. The van der Waals surface area contributed by atoms with Crippen molar-refractivity contribution in [2.45, 2.75) is 32.2 Å². The van der Waals surface area contributed by atoms with E-state index in [9.17, 15) is 4.79 Å². The van der Waals surface area contributed by atoms with E-state index in [0.717, 1.165) is 38.3 Å². The summed E-state index contributed by atoms with van der Waals surface area (Å²) in [5, 5.41) is 2.64. The molecule has 0 spiro atoms. The molecule has 6 heteroatoms. The Labute approximate surface area is 117 Å². The van der Waals surface area contributed by atoms with E-state index in [0.29, 0.717) is 5.01 Å². The van der Waals surface area contributed by atoms with Gasteiger partial charge >= 0.3 is 0 Å². The molecular weight excluding hydrogens is 260 g/mol. The van der Waals surface area contributed by atoms with Gasteiger partial charge in [0.1, 0.15) is 0 Å². The van der Waals surface area contributed by atoms with Gasteiger partial charge < -0.3 is 4.90 Å². The second-order valence-corrected chi connectivity index (χ2v) is 6.45. The van der Waals surface area contributed by atoms with Crippen molar-refractivity contribution in [1.82, 2.24) is 20.3 Å². The van der Waals surface area contributed by atoms with Crippen LogP contribution in [-0.2, 0) is 13.0 Å². The number of hydrazine groups is 1. The van der Waals surface area contributed by atoms with Crippen molar-refractivity contribution >= 4 is 17.2 Å². The number of amides is 1. The molecule has 0 atom stereocenters. The van der Waals surface area contributed by atoms with E-state index >= 15 is 0 Å². The summed E-state index contributed by atoms with van der Waals surface area (Å²) in [6.45, 7) is 3.87. The fraction of sp³-hybridized carbons (Fsp3) is 0.692. The van der Waals surface area contributed by atoms with Crippen LogP contribution in [0.1, 0.15) is 39.6 Å². The van der Waals surface area contributed by atoms with Gasteiger partial charge in [0.25, 0.3) is 5.91 Å². The molecule has 0 radical (unpaired) electrons. The quantitative estimate of drug-likeness (QED) is 0.886. The second-order valence-electron chi connectivity index (χ2n) is 5.37. The van der Waals surface area contributed by atoms with Gasteiger partial charge in [-0.15, -0.1) is 11.3 Å².